The van der Waals surface area contributed by atoms with Gasteiger partial charge in [-0.1, -0.05) is 12.1 Å². The summed E-state index contributed by atoms with van der Waals surface area (Å²) in [4.78, 5) is 21.1. The van der Waals surface area contributed by atoms with Crippen molar-refractivity contribution in [3.8, 4) is 28.4 Å². The van der Waals surface area contributed by atoms with E-state index in [1.165, 1.54) is 23.0 Å². The molecule has 0 aliphatic carbocycles. The van der Waals surface area contributed by atoms with Crippen LogP contribution in [0.15, 0.2) is 72.2 Å². The highest BCUT2D eigenvalue weighted by Gasteiger charge is 2.20. The maximum atomic E-state index is 15.9. The number of methoxy groups -OCH3 is 1. The molecule has 7 nitrogen and oxygen atoms in total. The first-order chi connectivity index (χ1) is 17.0. The van der Waals surface area contributed by atoms with E-state index < -0.39 is 5.82 Å². The summed E-state index contributed by atoms with van der Waals surface area (Å²) in [6.45, 7) is 2.66. The molecule has 176 valence electrons. The minimum atomic E-state index is -0.499. The summed E-state index contributed by atoms with van der Waals surface area (Å²) in [6, 6.07) is 10.3. The van der Waals surface area contributed by atoms with Gasteiger partial charge in [-0.05, 0) is 54.1 Å². The minimum Gasteiger partial charge on any atom is -0.497 e. The molecule has 1 aliphatic rings. The first-order valence-corrected chi connectivity index (χ1v) is 11.1. The number of ether oxygens (including phenoxy) is 2. The van der Waals surface area contributed by atoms with Crippen LogP contribution in [0, 0.1) is 12.7 Å². The van der Waals surface area contributed by atoms with Crippen molar-refractivity contribution in [2.24, 2.45) is 0 Å². The highest BCUT2D eigenvalue weighted by Crippen LogP contribution is 2.34. The Morgan fingerprint density at radius 3 is 2.77 bits per heavy atom. The fourth-order valence-electron chi connectivity index (χ4n) is 4.03. The van der Waals surface area contributed by atoms with Crippen molar-refractivity contribution in [1.29, 1.82) is 0 Å². The first kappa shape index (κ1) is 22.3. The summed E-state index contributed by atoms with van der Waals surface area (Å²) in [5, 5.41) is 3.13. The molecule has 1 N–H and O–H groups in total. The van der Waals surface area contributed by atoms with Crippen LogP contribution < -0.4 is 20.2 Å². The highest BCUT2D eigenvalue weighted by atomic mass is 19.1. The molecule has 0 saturated carbocycles. The Bertz CT molecular complexity index is 1480. The Morgan fingerprint density at radius 1 is 1.14 bits per heavy atom. The van der Waals surface area contributed by atoms with Gasteiger partial charge in [-0.25, -0.2) is 9.37 Å². The van der Waals surface area contributed by atoms with E-state index in [2.05, 4.69) is 15.3 Å². The average molecular weight is 471 g/mol. The lowest BCUT2D eigenvalue weighted by molar-refractivity contribution is 0.301. The van der Waals surface area contributed by atoms with Crippen molar-refractivity contribution < 1.29 is 13.9 Å². The summed E-state index contributed by atoms with van der Waals surface area (Å²) < 4.78 is 28.3. The SMILES string of the molecule is COc1ccc(COc2cn(-c3nccc(-c4c(C)cnc5c4C=CNC5)c3F)ccc2=O)cc1. The van der Waals surface area contributed by atoms with E-state index in [0.717, 1.165) is 33.7 Å². The molecule has 8 heteroatoms. The average Bonchev–Trinajstić information content (AvgIpc) is 2.89. The number of hydrogen-bond acceptors (Lipinski definition) is 6. The summed E-state index contributed by atoms with van der Waals surface area (Å²) in [6.07, 6.45) is 9.98. The smallest absolute Gasteiger partial charge is 0.223 e. The van der Waals surface area contributed by atoms with Crippen molar-refractivity contribution in [3.63, 3.8) is 0 Å². The molecule has 1 aliphatic heterocycles. The lowest BCUT2D eigenvalue weighted by Gasteiger charge is -2.19. The number of nitrogens with one attached hydrogen (secondary N) is 1. The maximum Gasteiger partial charge on any atom is 0.223 e. The molecular weight excluding hydrogens is 447 g/mol. The standard InChI is InChI=1S/C27H23FN4O3/c1-17-13-31-22-14-29-10-7-20(22)25(17)21-8-11-30-27(26(21)28)32-12-9-23(33)24(15-32)35-16-18-3-5-19(34-2)6-4-18/h3-13,15,29H,14,16H2,1-2H3. The van der Waals surface area contributed by atoms with E-state index in [9.17, 15) is 4.79 Å². The largest absolute Gasteiger partial charge is 0.497 e. The van der Waals surface area contributed by atoms with E-state index in [4.69, 9.17) is 9.47 Å². The first-order valence-electron chi connectivity index (χ1n) is 11.1. The van der Waals surface area contributed by atoms with Gasteiger partial charge >= 0.3 is 0 Å². The molecule has 5 rings (SSSR count). The molecule has 0 radical (unpaired) electrons. The zero-order valence-corrected chi connectivity index (χ0v) is 19.3. The second-order valence-corrected chi connectivity index (χ2v) is 8.10. The summed E-state index contributed by atoms with van der Waals surface area (Å²) in [5.41, 5.74) is 4.33. The third-order valence-electron chi connectivity index (χ3n) is 5.85. The Kier molecular flexibility index (Phi) is 6.01. The molecule has 4 aromatic rings. The van der Waals surface area contributed by atoms with E-state index in [1.54, 1.807) is 25.6 Å². The molecule has 0 fully saturated rings. The molecule has 4 heterocycles. The molecule has 3 aromatic heterocycles. The van der Waals surface area contributed by atoms with Gasteiger partial charge in [0.05, 0.1) is 25.5 Å². The Labute approximate surface area is 201 Å². The molecule has 35 heavy (non-hydrogen) atoms. The van der Waals surface area contributed by atoms with Crippen LogP contribution >= 0.6 is 0 Å². The maximum absolute atomic E-state index is 15.9. The molecule has 0 amide bonds. The number of halogens is 1. The van der Waals surface area contributed by atoms with Gasteiger partial charge in [-0.15, -0.1) is 0 Å². The Morgan fingerprint density at radius 2 is 1.97 bits per heavy atom. The fourth-order valence-corrected chi connectivity index (χ4v) is 4.03. The molecule has 0 atom stereocenters. The Hall–Kier alpha value is -4.46. The van der Waals surface area contributed by atoms with Crippen LogP contribution in [0.2, 0.25) is 0 Å². The van der Waals surface area contributed by atoms with Gasteiger partial charge in [-0.3, -0.25) is 9.78 Å². The molecular formula is C27H23FN4O3. The number of rotatable bonds is 6. The van der Waals surface area contributed by atoms with Gasteiger partial charge in [0, 0.05) is 35.8 Å². The van der Waals surface area contributed by atoms with Crippen LogP contribution in [-0.4, -0.2) is 21.6 Å². The van der Waals surface area contributed by atoms with E-state index in [-0.39, 0.29) is 23.6 Å². The normalized spacial score (nSPS) is 12.1. The van der Waals surface area contributed by atoms with Crippen LogP contribution in [-0.2, 0) is 13.2 Å². The third-order valence-corrected chi connectivity index (χ3v) is 5.85. The van der Waals surface area contributed by atoms with Crippen molar-refractivity contribution in [2.75, 3.05) is 7.11 Å². The number of hydrogen-bond donors (Lipinski definition) is 1. The predicted molar refractivity (Wildman–Crippen MR) is 131 cm³/mol. The number of pyridine rings is 3. The van der Waals surface area contributed by atoms with Crippen LogP contribution in [0.1, 0.15) is 22.4 Å². The third kappa shape index (κ3) is 4.38. The number of aromatic nitrogens is 3. The van der Waals surface area contributed by atoms with Crippen molar-refractivity contribution in [1.82, 2.24) is 19.9 Å². The molecule has 0 spiro atoms. The molecule has 0 saturated heterocycles. The van der Waals surface area contributed by atoms with E-state index in [0.29, 0.717) is 12.1 Å². The zero-order chi connectivity index (χ0) is 24.4. The Balaban J connectivity index is 1.50. The minimum absolute atomic E-state index is 0.0691. The second-order valence-electron chi connectivity index (χ2n) is 8.10. The molecule has 0 bridgehead atoms. The quantitative estimate of drug-likeness (QED) is 0.450. The summed E-state index contributed by atoms with van der Waals surface area (Å²) in [5.74, 6) is 0.400. The van der Waals surface area contributed by atoms with Gasteiger partial charge in [0.1, 0.15) is 12.4 Å². The zero-order valence-electron chi connectivity index (χ0n) is 19.3. The van der Waals surface area contributed by atoms with Gasteiger partial charge in [-0.2, -0.15) is 0 Å². The summed E-state index contributed by atoms with van der Waals surface area (Å²) >= 11 is 0. The van der Waals surface area contributed by atoms with Crippen molar-refractivity contribution >= 4 is 6.08 Å². The van der Waals surface area contributed by atoms with E-state index >= 15 is 4.39 Å². The fraction of sp³-hybridized carbons (Fsp3) is 0.148. The highest BCUT2D eigenvalue weighted by molar-refractivity contribution is 5.80. The van der Waals surface area contributed by atoms with Crippen molar-refractivity contribution in [2.45, 2.75) is 20.1 Å². The molecule has 1 aromatic carbocycles. The number of aryl methyl sites for hydroxylation is 1. The van der Waals surface area contributed by atoms with E-state index in [1.807, 2.05) is 43.5 Å². The van der Waals surface area contributed by atoms with Gasteiger partial charge in [0.15, 0.2) is 17.4 Å². The van der Waals surface area contributed by atoms with Crippen LogP contribution in [0.25, 0.3) is 23.0 Å². The van der Waals surface area contributed by atoms with Gasteiger partial charge < -0.3 is 19.4 Å². The number of nitrogens with zero attached hydrogens (tertiary/aromatic N) is 3. The summed E-state index contributed by atoms with van der Waals surface area (Å²) in [7, 11) is 1.60. The van der Waals surface area contributed by atoms with Crippen LogP contribution in [0.4, 0.5) is 4.39 Å². The topological polar surface area (TPSA) is 78.3 Å². The van der Waals surface area contributed by atoms with Gasteiger partial charge in [0.25, 0.3) is 0 Å². The van der Waals surface area contributed by atoms with Gasteiger partial charge in [0.2, 0.25) is 5.43 Å². The number of fused-ring (bicyclic) bond motifs is 1. The monoisotopic (exact) mass is 470 g/mol. The van der Waals surface area contributed by atoms with Crippen LogP contribution in [0.5, 0.6) is 11.5 Å². The lowest BCUT2D eigenvalue weighted by Crippen LogP contribution is -2.14. The number of benzene rings is 1. The lowest BCUT2D eigenvalue weighted by atomic mass is 9.94. The van der Waals surface area contributed by atoms with Crippen LogP contribution in [0.3, 0.4) is 0 Å². The molecule has 0 unspecified atom stereocenters. The predicted octanol–water partition coefficient (Wildman–Crippen LogP) is 4.40. The second kappa shape index (κ2) is 9.42. The van der Waals surface area contributed by atoms with Crippen molar-refractivity contribution in [3.05, 3.63) is 106 Å².